The van der Waals surface area contributed by atoms with Crippen molar-refractivity contribution in [2.75, 3.05) is 7.11 Å². The molecule has 0 aliphatic rings. The second-order valence-electron chi connectivity index (χ2n) is 4.86. The first kappa shape index (κ1) is 16.0. The third-order valence-electron chi connectivity index (χ3n) is 3.27. The molecule has 0 aliphatic heterocycles. The number of ether oxygens (including phenoxy) is 2. The van der Waals surface area contributed by atoms with Crippen LogP contribution in [-0.4, -0.2) is 23.0 Å². The fourth-order valence-corrected chi connectivity index (χ4v) is 2.27. The van der Waals surface area contributed by atoms with Crippen molar-refractivity contribution in [3.8, 4) is 22.8 Å². The Labute approximate surface area is 143 Å². The number of esters is 1. The molecular formula is C18H13ClN2O3. The maximum absolute atomic E-state index is 12.2. The van der Waals surface area contributed by atoms with Crippen LogP contribution >= 0.6 is 11.6 Å². The van der Waals surface area contributed by atoms with Crippen molar-refractivity contribution in [3.05, 3.63) is 71.6 Å². The lowest BCUT2D eigenvalue weighted by Gasteiger charge is -2.06. The number of benzene rings is 2. The van der Waals surface area contributed by atoms with Crippen LogP contribution in [0.15, 0.2) is 60.9 Å². The van der Waals surface area contributed by atoms with Crippen LogP contribution in [0, 0.1) is 0 Å². The van der Waals surface area contributed by atoms with Crippen molar-refractivity contribution in [2.45, 2.75) is 0 Å². The first-order chi connectivity index (χ1) is 11.7. The van der Waals surface area contributed by atoms with Crippen molar-refractivity contribution in [2.24, 2.45) is 0 Å². The number of rotatable bonds is 4. The molecule has 0 bridgehead atoms. The third kappa shape index (κ3) is 3.70. The number of methoxy groups -OCH3 is 1. The predicted octanol–water partition coefficient (Wildman–Crippen LogP) is 4.02. The van der Waals surface area contributed by atoms with Gasteiger partial charge < -0.3 is 9.47 Å². The molecule has 1 aromatic heterocycles. The second-order valence-corrected chi connectivity index (χ2v) is 5.30. The summed E-state index contributed by atoms with van der Waals surface area (Å²) in [6.07, 6.45) is 1.32. The Bertz CT molecular complexity index is 866. The van der Waals surface area contributed by atoms with Crippen LogP contribution in [0.3, 0.4) is 0 Å². The lowest BCUT2D eigenvalue weighted by Crippen LogP contribution is -2.11. The zero-order chi connectivity index (χ0) is 16.9. The Hall–Kier alpha value is -2.92. The van der Waals surface area contributed by atoms with E-state index in [0.717, 1.165) is 5.56 Å². The van der Waals surface area contributed by atoms with Gasteiger partial charge in [0.15, 0.2) is 5.69 Å². The van der Waals surface area contributed by atoms with Gasteiger partial charge in [0.1, 0.15) is 17.8 Å². The number of carbonyl (C=O) groups is 1. The maximum Gasteiger partial charge on any atom is 0.362 e. The van der Waals surface area contributed by atoms with Crippen molar-refractivity contribution < 1.29 is 14.3 Å². The third-order valence-corrected chi connectivity index (χ3v) is 3.50. The number of aromatic nitrogens is 2. The minimum absolute atomic E-state index is 0.163. The largest absolute Gasteiger partial charge is 0.497 e. The van der Waals surface area contributed by atoms with Crippen molar-refractivity contribution >= 4 is 17.6 Å². The van der Waals surface area contributed by atoms with Gasteiger partial charge in [0.25, 0.3) is 0 Å². The van der Waals surface area contributed by atoms with Gasteiger partial charge in [-0.2, -0.15) is 0 Å². The fourth-order valence-electron chi connectivity index (χ4n) is 2.08. The summed E-state index contributed by atoms with van der Waals surface area (Å²) < 4.78 is 10.4. The first-order valence-corrected chi connectivity index (χ1v) is 7.48. The lowest BCUT2D eigenvalue weighted by atomic mass is 10.1. The molecule has 24 heavy (non-hydrogen) atoms. The molecule has 0 saturated carbocycles. The van der Waals surface area contributed by atoms with Gasteiger partial charge in [-0.05, 0) is 42.5 Å². The van der Waals surface area contributed by atoms with Crippen molar-refractivity contribution in [1.29, 1.82) is 0 Å². The molecule has 0 saturated heterocycles. The number of nitrogens with zero attached hydrogens (tertiary/aromatic N) is 2. The molecule has 120 valence electrons. The number of hydrogen-bond acceptors (Lipinski definition) is 5. The second kappa shape index (κ2) is 7.10. The number of halogens is 1. The highest BCUT2D eigenvalue weighted by atomic mass is 35.5. The van der Waals surface area contributed by atoms with Crippen LogP contribution in [-0.2, 0) is 0 Å². The van der Waals surface area contributed by atoms with Crippen LogP contribution < -0.4 is 9.47 Å². The summed E-state index contributed by atoms with van der Waals surface area (Å²) in [5, 5.41) is 0.591. The van der Waals surface area contributed by atoms with Gasteiger partial charge in [-0.1, -0.05) is 23.7 Å². The van der Waals surface area contributed by atoms with E-state index in [1.165, 1.54) is 6.33 Å². The average molecular weight is 341 g/mol. The van der Waals surface area contributed by atoms with E-state index in [2.05, 4.69) is 9.97 Å². The monoisotopic (exact) mass is 340 g/mol. The van der Waals surface area contributed by atoms with Gasteiger partial charge in [0.05, 0.1) is 12.8 Å². The normalized spacial score (nSPS) is 10.2. The first-order valence-electron chi connectivity index (χ1n) is 7.10. The average Bonchev–Trinajstić information content (AvgIpc) is 2.62. The fraction of sp³-hybridized carbons (Fsp3) is 0.0556. The van der Waals surface area contributed by atoms with E-state index in [1.54, 1.807) is 49.6 Å². The summed E-state index contributed by atoms with van der Waals surface area (Å²) in [6.45, 7) is 0. The quantitative estimate of drug-likeness (QED) is 0.530. The van der Waals surface area contributed by atoms with E-state index in [0.29, 0.717) is 22.2 Å². The van der Waals surface area contributed by atoms with E-state index in [-0.39, 0.29) is 5.69 Å². The molecule has 3 rings (SSSR count). The summed E-state index contributed by atoms with van der Waals surface area (Å²) in [4.78, 5) is 20.4. The molecule has 0 unspecified atom stereocenters. The van der Waals surface area contributed by atoms with Gasteiger partial charge in [-0.15, -0.1) is 0 Å². The minimum Gasteiger partial charge on any atom is -0.497 e. The topological polar surface area (TPSA) is 61.3 Å². The molecule has 2 aromatic carbocycles. The Kier molecular flexibility index (Phi) is 4.72. The van der Waals surface area contributed by atoms with E-state index >= 15 is 0 Å². The molecule has 6 heteroatoms. The van der Waals surface area contributed by atoms with Crippen molar-refractivity contribution in [1.82, 2.24) is 9.97 Å². The summed E-state index contributed by atoms with van der Waals surface area (Å²) in [5.41, 5.74) is 1.55. The van der Waals surface area contributed by atoms with E-state index in [4.69, 9.17) is 21.1 Å². The highest BCUT2D eigenvalue weighted by molar-refractivity contribution is 6.30. The van der Waals surface area contributed by atoms with Crippen LogP contribution in [0.4, 0.5) is 0 Å². The summed E-state index contributed by atoms with van der Waals surface area (Å²) in [7, 11) is 1.57. The molecule has 0 atom stereocenters. The molecule has 0 spiro atoms. The Morgan fingerprint density at radius 2 is 1.75 bits per heavy atom. The van der Waals surface area contributed by atoms with E-state index in [1.807, 2.05) is 12.1 Å². The molecule has 5 nitrogen and oxygen atoms in total. The summed E-state index contributed by atoms with van der Waals surface area (Å²) >= 11 is 5.98. The van der Waals surface area contributed by atoms with Gasteiger partial charge >= 0.3 is 5.97 Å². The van der Waals surface area contributed by atoms with Gasteiger partial charge in [-0.25, -0.2) is 14.8 Å². The van der Waals surface area contributed by atoms with Gasteiger partial charge in [0, 0.05) is 10.6 Å². The van der Waals surface area contributed by atoms with Crippen LogP contribution in [0.1, 0.15) is 10.5 Å². The molecule has 0 aliphatic carbocycles. The minimum atomic E-state index is -0.564. The van der Waals surface area contributed by atoms with Crippen LogP contribution in [0.25, 0.3) is 11.3 Å². The molecule has 3 aromatic rings. The highest BCUT2D eigenvalue weighted by Crippen LogP contribution is 2.22. The lowest BCUT2D eigenvalue weighted by molar-refractivity contribution is 0.0728. The van der Waals surface area contributed by atoms with E-state index in [9.17, 15) is 4.79 Å². The van der Waals surface area contributed by atoms with Gasteiger partial charge in [-0.3, -0.25) is 0 Å². The molecule has 0 fully saturated rings. The zero-order valence-corrected chi connectivity index (χ0v) is 13.5. The summed E-state index contributed by atoms with van der Waals surface area (Å²) in [6, 6.07) is 15.5. The van der Waals surface area contributed by atoms with Gasteiger partial charge in [0.2, 0.25) is 0 Å². The predicted molar refractivity (Wildman–Crippen MR) is 90.4 cm³/mol. The summed E-state index contributed by atoms with van der Waals surface area (Å²) in [5.74, 6) is 0.523. The Morgan fingerprint density at radius 1 is 1.00 bits per heavy atom. The molecule has 0 N–H and O–H groups in total. The SMILES string of the molecule is COc1ccc(OC(=O)c2cc(-c3cccc(Cl)c3)ncn2)cc1. The number of hydrogen-bond donors (Lipinski definition) is 0. The Balaban J connectivity index is 1.81. The maximum atomic E-state index is 12.2. The smallest absolute Gasteiger partial charge is 0.362 e. The van der Waals surface area contributed by atoms with Crippen LogP contribution in [0.2, 0.25) is 5.02 Å². The Morgan fingerprint density at radius 3 is 2.46 bits per heavy atom. The van der Waals surface area contributed by atoms with E-state index < -0.39 is 5.97 Å². The van der Waals surface area contributed by atoms with Crippen LogP contribution in [0.5, 0.6) is 11.5 Å². The molecule has 0 amide bonds. The molecule has 1 heterocycles. The zero-order valence-electron chi connectivity index (χ0n) is 12.8. The van der Waals surface area contributed by atoms with Crippen molar-refractivity contribution in [3.63, 3.8) is 0 Å². The standard InChI is InChI=1S/C18H13ClN2O3/c1-23-14-5-7-15(8-6-14)24-18(22)17-10-16(20-11-21-17)12-3-2-4-13(19)9-12/h2-11H,1H3. The highest BCUT2D eigenvalue weighted by Gasteiger charge is 2.12. The number of carbonyl (C=O) groups excluding carboxylic acids is 1. The molecular weight excluding hydrogens is 328 g/mol. The molecule has 0 radical (unpaired) electrons.